The monoisotopic (exact) mass is 286 g/mol. The molecule has 0 bridgehead atoms. The molecule has 0 saturated heterocycles. The van der Waals surface area contributed by atoms with Gasteiger partial charge in [-0.2, -0.15) is 0 Å². The van der Waals surface area contributed by atoms with Gasteiger partial charge in [0.15, 0.2) is 6.10 Å². The number of carbonyl (C=O) groups is 1. The average molecular weight is 287 g/mol. The largest absolute Gasteiger partial charge is 0.507 e. The number of rotatable bonds is 1. The van der Waals surface area contributed by atoms with Crippen molar-refractivity contribution in [1.29, 1.82) is 0 Å². The van der Waals surface area contributed by atoms with Gasteiger partial charge in [-0.25, -0.2) is 0 Å². The first kappa shape index (κ1) is 11.3. The Balaban J connectivity index is 2.40. The number of fused-ring (bicyclic) bond motifs is 1. The van der Waals surface area contributed by atoms with Crippen molar-refractivity contribution in [3.8, 4) is 11.5 Å². The predicted octanol–water partition coefficient (Wildman–Crippen LogP) is 2.54. The molecule has 1 aliphatic rings. The Labute approximate surface area is 101 Å². The van der Waals surface area contributed by atoms with E-state index in [-0.39, 0.29) is 17.8 Å². The van der Waals surface area contributed by atoms with Crippen molar-refractivity contribution >= 4 is 21.9 Å². The van der Waals surface area contributed by atoms with E-state index >= 15 is 0 Å². The van der Waals surface area contributed by atoms with Gasteiger partial charge in [0.05, 0.1) is 4.47 Å². The van der Waals surface area contributed by atoms with Crippen molar-refractivity contribution in [3.63, 3.8) is 0 Å². The van der Waals surface area contributed by atoms with E-state index in [0.717, 1.165) is 5.56 Å². The highest BCUT2D eigenvalue weighted by atomic mass is 79.9. The van der Waals surface area contributed by atoms with Crippen molar-refractivity contribution in [2.24, 2.45) is 0 Å². The summed E-state index contributed by atoms with van der Waals surface area (Å²) in [6.07, 6.45) is -0.656. The minimum Gasteiger partial charge on any atom is -0.507 e. The Kier molecular flexibility index (Phi) is 2.80. The minimum atomic E-state index is -0.413. The van der Waals surface area contributed by atoms with Crippen molar-refractivity contribution in [2.45, 2.75) is 26.1 Å². The van der Waals surface area contributed by atoms with E-state index in [4.69, 9.17) is 9.47 Å². The highest BCUT2D eigenvalue weighted by molar-refractivity contribution is 9.10. The molecule has 0 radical (unpaired) electrons. The van der Waals surface area contributed by atoms with Gasteiger partial charge in [0.1, 0.15) is 17.6 Å². The fraction of sp³-hybridized carbons (Fsp3) is 0.364. The Bertz CT molecular complexity index is 444. The van der Waals surface area contributed by atoms with Crippen LogP contribution in [0.2, 0.25) is 0 Å². The number of ether oxygens (including phenoxy) is 2. The number of hydrogen-bond donors (Lipinski definition) is 1. The summed E-state index contributed by atoms with van der Waals surface area (Å²) in [4.78, 5) is 11.0. The summed E-state index contributed by atoms with van der Waals surface area (Å²) in [6.45, 7) is 3.18. The smallest absolute Gasteiger partial charge is 0.303 e. The zero-order chi connectivity index (χ0) is 11.9. The first-order valence-electron chi connectivity index (χ1n) is 4.85. The Morgan fingerprint density at radius 2 is 2.25 bits per heavy atom. The van der Waals surface area contributed by atoms with E-state index in [2.05, 4.69) is 15.9 Å². The van der Waals surface area contributed by atoms with Gasteiger partial charge in [0.25, 0.3) is 0 Å². The normalized spacial score (nSPS) is 22.4. The van der Waals surface area contributed by atoms with Gasteiger partial charge >= 0.3 is 5.97 Å². The van der Waals surface area contributed by atoms with Crippen LogP contribution < -0.4 is 4.74 Å². The predicted molar refractivity (Wildman–Crippen MR) is 60.4 cm³/mol. The lowest BCUT2D eigenvalue weighted by atomic mass is 10.1. The van der Waals surface area contributed by atoms with E-state index in [1.54, 1.807) is 6.07 Å². The van der Waals surface area contributed by atoms with Gasteiger partial charge in [-0.05, 0) is 28.9 Å². The SMILES string of the molecule is CC(=O)O[C@H]1c2cc(Br)c(O)cc2OC1C. The molecule has 4 nitrogen and oxygen atoms in total. The zero-order valence-corrected chi connectivity index (χ0v) is 10.4. The number of hydrogen-bond acceptors (Lipinski definition) is 4. The molecule has 0 aromatic heterocycles. The van der Waals surface area contributed by atoms with Crippen molar-refractivity contribution in [3.05, 3.63) is 22.2 Å². The third kappa shape index (κ3) is 1.87. The van der Waals surface area contributed by atoms with Crippen LogP contribution in [0.5, 0.6) is 11.5 Å². The molecule has 0 fully saturated rings. The quantitative estimate of drug-likeness (QED) is 0.806. The fourth-order valence-corrected chi connectivity index (χ4v) is 2.10. The maximum absolute atomic E-state index is 11.0. The maximum Gasteiger partial charge on any atom is 0.303 e. The summed E-state index contributed by atoms with van der Waals surface area (Å²) in [6, 6.07) is 3.22. The van der Waals surface area contributed by atoms with Crippen molar-refractivity contribution < 1.29 is 19.4 Å². The topological polar surface area (TPSA) is 55.8 Å². The summed E-state index contributed by atoms with van der Waals surface area (Å²) >= 11 is 3.22. The molecule has 2 rings (SSSR count). The van der Waals surface area contributed by atoms with Crippen LogP contribution in [0.25, 0.3) is 0 Å². The molecule has 0 amide bonds. The van der Waals surface area contributed by atoms with E-state index < -0.39 is 6.10 Å². The number of phenols is 1. The molecule has 86 valence electrons. The Morgan fingerprint density at radius 1 is 1.56 bits per heavy atom. The van der Waals surface area contributed by atoms with Gasteiger partial charge in [-0.1, -0.05) is 0 Å². The highest BCUT2D eigenvalue weighted by Crippen LogP contribution is 2.43. The summed E-state index contributed by atoms with van der Waals surface area (Å²) in [7, 11) is 0. The number of carbonyl (C=O) groups excluding carboxylic acids is 1. The summed E-state index contributed by atoms with van der Waals surface area (Å²) in [5.41, 5.74) is 0.771. The van der Waals surface area contributed by atoms with Gasteiger partial charge in [0.2, 0.25) is 0 Å². The van der Waals surface area contributed by atoms with E-state index in [1.165, 1.54) is 13.0 Å². The van der Waals surface area contributed by atoms with Crippen LogP contribution >= 0.6 is 15.9 Å². The number of benzene rings is 1. The summed E-state index contributed by atoms with van der Waals surface area (Å²) < 4.78 is 11.2. The van der Waals surface area contributed by atoms with Crippen LogP contribution in [-0.4, -0.2) is 17.2 Å². The number of aromatic hydroxyl groups is 1. The Hall–Kier alpha value is -1.23. The molecule has 5 heteroatoms. The summed E-state index contributed by atoms with van der Waals surface area (Å²) in [5.74, 6) is 0.311. The van der Waals surface area contributed by atoms with Crippen LogP contribution in [0.15, 0.2) is 16.6 Å². The first-order valence-corrected chi connectivity index (χ1v) is 5.64. The van der Waals surface area contributed by atoms with E-state index in [1.807, 2.05) is 6.92 Å². The zero-order valence-electron chi connectivity index (χ0n) is 8.86. The highest BCUT2D eigenvalue weighted by Gasteiger charge is 2.34. The molecule has 16 heavy (non-hydrogen) atoms. The van der Waals surface area contributed by atoms with Gasteiger partial charge < -0.3 is 14.6 Å². The number of phenolic OH excluding ortho intramolecular Hbond substituents is 1. The number of esters is 1. The second-order valence-corrected chi connectivity index (χ2v) is 4.55. The van der Waals surface area contributed by atoms with Crippen LogP contribution in [-0.2, 0) is 9.53 Å². The van der Waals surface area contributed by atoms with Crippen LogP contribution in [0.3, 0.4) is 0 Å². The molecule has 1 aromatic rings. The van der Waals surface area contributed by atoms with Gasteiger partial charge in [0, 0.05) is 18.6 Å². The van der Waals surface area contributed by atoms with Crippen LogP contribution in [0.1, 0.15) is 25.5 Å². The molecule has 1 N–H and O–H groups in total. The minimum absolute atomic E-state index is 0.106. The van der Waals surface area contributed by atoms with Gasteiger partial charge in [-0.15, -0.1) is 0 Å². The molecular weight excluding hydrogens is 276 g/mol. The van der Waals surface area contributed by atoms with Crippen molar-refractivity contribution in [2.75, 3.05) is 0 Å². The molecule has 0 spiro atoms. The lowest BCUT2D eigenvalue weighted by molar-refractivity contribution is -0.149. The molecule has 2 atom stereocenters. The molecule has 1 unspecified atom stereocenters. The van der Waals surface area contributed by atoms with Gasteiger partial charge in [-0.3, -0.25) is 4.79 Å². The van der Waals surface area contributed by atoms with E-state index in [9.17, 15) is 9.90 Å². The third-order valence-electron chi connectivity index (χ3n) is 2.42. The molecule has 0 aliphatic carbocycles. The maximum atomic E-state index is 11.0. The first-order chi connectivity index (χ1) is 7.49. The molecule has 1 aromatic carbocycles. The van der Waals surface area contributed by atoms with Crippen molar-refractivity contribution in [1.82, 2.24) is 0 Å². The molecular formula is C11H11BrO4. The lowest BCUT2D eigenvalue weighted by Gasteiger charge is -2.14. The second kappa shape index (κ2) is 3.97. The van der Waals surface area contributed by atoms with E-state index in [0.29, 0.717) is 10.2 Å². The molecule has 0 saturated carbocycles. The lowest BCUT2D eigenvalue weighted by Crippen LogP contribution is -2.18. The fourth-order valence-electron chi connectivity index (χ4n) is 1.74. The number of halogens is 1. The second-order valence-electron chi connectivity index (χ2n) is 3.69. The average Bonchev–Trinajstić information content (AvgIpc) is 2.45. The summed E-state index contributed by atoms with van der Waals surface area (Å²) in [5, 5.41) is 9.50. The molecule has 1 aliphatic heterocycles. The Morgan fingerprint density at radius 3 is 2.88 bits per heavy atom. The third-order valence-corrected chi connectivity index (χ3v) is 3.05. The van der Waals surface area contributed by atoms with Crippen LogP contribution in [0, 0.1) is 0 Å². The standard InChI is InChI=1S/C11H11BrO4/c1-5-11(16-6(2)13)7-3-8(12)9(14)4-10(7)15-5/h3-5,11,14H,1-2H3/t5?,11-/m1/s1. The van der Waals surface area contributed by atoms with Crippen LogP contribution in [0.4, 0.5) is 0 Å². The molecule has 1 heterocycles.